The number of hydrogen-bond donors (Lipinski definition) is 3. The van der Waals surface area contributed by atoms with E-state index >= 15 is 0 Å². The molecule has 0 saturated heterocycles. The van der Waals surface area contributed by atoms with Gasteiger partial charge in [-0.15, -0.1) is 0 Å². The molecule has 50 heavy (non-hydrogen) atoms. The van der Waals surface area contributed by atoms with Crippen molar-refractivity contribution in [2.45, 2.75) is 64.9 Å². The van der Waals surface area contributed by atoms with Crippen LogP contribution in [0, 0.1) is 17.6 Å². The molecule has 7 rings (SSSR count). The Morgan fingerprint density at radius 1 is 1.08 bits per heavy atom. The smallest absolute Gasteiger partial charge is 0.274 e. The molecule has 14 heteroatoms. The number of carbonyl (C=O) groups excluding carboxylic acids is 2. The van der Waals surface area contributed by atoms with Gasteiger partial charge in [0.05, 0.1) is 18.3 Å². The number of amides is 2. The van der Waals surface area contributed by atoms with Gasteiger partial charge in [0.1, 0.15) is 18.1 Å². The second-order valence-electron chi connectivity index (χ2n) is 12.9. The second-order valence-corrected chi connectivity index (χ2v) is 12.9. The van der Waals surface area contributed by atoms with Crippen LogP contribution in [0.4, 0.5) is 14.6 Å². The molecule has 1 unspecified atom stereocenters. The Morgan fingerprint density at radius 3 is 2.64 bits per heavy atom. The Kier molecular flexibility index (Phi) is 9.00. The highest BCUT2D eigenvalue weighted by Gasteiger charge is 2.35. The first-order valence-electron chi connectivity index (χ1n) is 16.6. The van der Waals surface area contributed by atoms with Crippen molar-refractivity contribution in [3.05, 3.63) is 99.6 Å². The number of aromatic amines is 1. The van der Waals surface area contributed by atoms with Crippen LogP contribution in [0.25, 0.3) is 22.4 Å². The molecule has 2 amide bonds. The van der Waals surface area contributed by atoms with Gasteiger partial charge in [0.15, 0.2) is 28.9 Å². The second kappa shape index (κ2) is 13.7. The molecule has 2 aliphatic rings. The highest BCUT2D eigenvalue weighted by molar-refractivity contribution is 5.96. The van der Waals surface area contributed by atoms with Crippen molar-refractivity contribution in [1.29, 1.82) is 0 Å². The maximum absolute atomic E-state index is 15.0. The zero-order valence-corrected chi connectivity index (χ0v) is 27.6. The van der Waals surface area contributed by atoms with E-state index in [4.69, 9.17) is 4.74 Å². The third-order valence-corrected chi connectivity index (χ3v) is 9.10. The zero-order valence-electron chi connectivity index (χ0n) is 27.6. The van der Waals surface area contributed by atoms with Crippen LogP contribution >= 0.6 is 0 Å². The van der Waals surface area contributed by atoms with Crippen LogP contribution in [0.5, 0.6) is 5.75 Å². The summed E-state index contributed by atoms with van der Waals surface area (Å²) in [7, 11) is 0. The fourth-order valence-electron chi connectivity index (χ4n) is 6.31. The minimum absolute atomic E-state index is 0.00118. The zero-order chi connectivity index (χ0) is 34.9. The lowest BCUT2D eigenvalue weighted by Gasteiger charge is -2.35. The molecule has 4 heterocycles. The number of ether oxygens (including phenoxy) is 1. The summed E-state index contributed by atoms with van der Waals surface area (Å²) in [6.07, 6.45) is 2.74. The quantitative estimate of drug-likeness (QED) is 0.170. The molecule has 5 aromatic rings. The SMILES string of the molecule is CC(C)N1CCn2c(CNC(=O)CC(Nc3nc(-c4n[nH]c5ccc(F)cc45)ncc3F)C3CC3)cc(=O)c(OCc3ccccc3)c2C1=O. The Morgan fingerprint density at radius 2 is 1.88 bits per heavy atom. The molecular formula is C36H36F2N8O4. The summed E-state index contributed by atoms with van der Waals surface area (Å²) < 4.78 is 36.7. The molecule has 0 bridgehead atoms. The minimum Gasteiger partial charge on any atom is -0.483 e. The summed E-state index contributed by atoms with van der Waals surface area (Å²) in [4.78, 5) is 50.5. The van der Waals surface area contributed by atoms with E-state index in [1.807, 2.05) is 44.2 Å². The number of H-pyrrole nitrogens is 1. The molecule has 3 N–H and O–H groups in total. The van der Waals surface area contributed by atoms with E-state index in [9.17, 15) is 23.2 Å². The van der Waals surface area contributed by atoms with E-state index in [-0.39, 0.29) is 72.1 Å². The van der Waals surface area contributed by atoms with Crippen molar-refractivity contribution in [3.63, 3.8) is 0 Å². The predicted octanol–water partition coefficient (Wildman–Crippen LogP) is 4.80. The molecule has 0 spiro atoms. The molecule has 1 saturated carbocycles. The number of halogens is 2. The Labute approximate surface area is 285 Å². The molecule has 12 nitrogen and oxygen atoms in total. The number of pyridine rings is 1. The summed E-state index contributed by atoms with van der Waals surface area (Å²) in [5.74, 6) is -1.68. The maximum atomic E-state index is 15.0. The monoisotopic (exact) mass is 682 g/mol. The van der Waals surface area contributed by atoms with E-state index < -0.39 is 23.1 Å². The first-order chi connectivity index (χ1) is 24.2. The Bertz CT molecular complexity index is 2130. The number of nitrogens with zero attached hydrogens (tertiary/aromatic N) is 5. The third-order valence-electron chi connectivity index (χ3n) is 9.10. The predicted molar refractivity (Wildman–Crippen MR) is 181 cm³/mol. The van der Waals surface area contributed by atoms with E-state index in [2.05, 4.69) is 30.8 Å². The van der Waals surface area contributed by atoms with Crippen LogP contribution in [0.2, 0.25) is 0 Å². The van der Waals surface area contributed by atoms with Crippen molar-refractivity contribution in [3.8, 4) is 17.3 Å². The standard InChI is InChI=1S/C36H36F2N8O4/c1-20(2)45-12-13-46-24(15-29(47)33(32(46)36(45)49)50-19-21-6-4-3-5-7-21)17-39-30(48)16-28(22-8-9-22)41-34-26(38)18-40-35(42-34)31-25-14-23(37)10-11-27(25)43-44-31/h3-7,10-11,14-15,18,20,22,28H,8-9,12-13,16-17,19H2,1-2H3,(H,39,48)(H,43,44)(H,40,41,42). The van der Waals surface area contributed by atoms with Crippen LogP contribution in [-0.4, -0.2) is 60.1 Å². The van der Waals surface area contributed by atoms with E-state index in [1.165, 1.54) is 18.2 Å². The van der Waals surface area contributed by atoms with Gasteiger partial charge in [-0.2, -0.15) is 5.10 Å². The van der Waals surface area contributed by atoms with Gasteiger partial charge in [0, 0.05) is 48.7 Å². The normalized spacial score (nSPS) is 14.9. The van der Waals surface area contributed by atoms with Crippen LogP contribution in [0.15, 0.2) is 65.6 Å². The fourth-order valence-corrected chi connectivity index (χ4v) is 6.31. The lowest BCUT2D eigenvalue weighted by molar-refractivity contribution is -0.121. The summed E-state index contributed by atoms with van der Waals surface area (Å²) >= 11 is 0. The van der Waals surface area contributed by atoms with Gasteiger partial charge in [0.25, 0.3) is 5.91 Å². The molecule has 0 radical (unpaired) electrons. The summed E-state index contributed by atoms with van der Waals surface area (Å²) in [6.45, 7) is 4.81. The van der Waals surface area contributed by atoms with Gasteiger partial charge in [-0.1, -0.05) is 30.3 Å². The van der Waals surface area contributed by atoms with E-state index in [0.717, 1.165) is 24.6 Å². The van der Waals surface area contributed by atoms with Gasteiger partial charge >= 0.3 is 0 Å². The van der Waals surface area contributed by atoms with Gasteiger partial charge in [-0.3, -0.25) is 19.5 Å². The summed E-state index contributed by atoms with van der Waals surface area (Å²) in [6, 6.07) is 14.4. The van der Waals surface area contributed by atoms with E-state index in [0.29, 0.717) is 29.7 Å². The molecule has 1 atom stereocenters. The van der Waals surface area contributed by atoms with Crippen molar-refractivity contribution in [2.75, 3.05) is 11.9 Å². The van der Waals surface area contributed by atoms with Crippen molar-refractivity contribution < 1.29 is 23.1 Å². The summed E-state index contributed by atoms with van der Waals surface area (Å²) in [5.41, 5.74) is 1.90. The lowest BCUT2D eigenvalue weighted by Crippen LogP contribution is -2.46. The van der Waals surface area contributed by atoms with Crippen LogP contribution in [0.1, 0.15) is 54.9 Å². The summed E-state index contributed by atoms with van der Waals surface area (Å²) in [5, 5.41) is 13.5. The molecule has 1 aliphatic carbocycles. The number of aromatic nitrogens is 5. The first-order valence-corrected chi connectivity index (χ1v) is 16.6. The van der Waals surface area contributed by atoms with Gasteiger partial charge < -0.3 is 24.8 Å². The molecular weight excluding hydrogens is 646 g/mol. The topological polar surface area (TPSA) is 147 Å². The van der Waals surface area contributed by atoms with Crippen molar-refractivity contribution in [2.24, 2.45) is 5.92 Å². The van der Waals surface area contributed by atoms with Crippen LogP contribution < -0.4 is 20.8 Å². The fraction of sp³-hybridized carbons (Fsp3) is 0.333. The number of benzene rings is 2. The van der Waals surface area contributed by atoms with Gasteiger partial charge in [0.2, 0.25) is 11.3 Å². The molecule has 2 aromatic carbocycles. The molecule has 258 valence electrons. The Balaban J connectivity index is 1.08. The van der Waals surface area contributed by atoms with Gasteiger partial charge in [-0.25, -0.2) is 18.7 Å². The third kappa shape index (κ3) is 6.78. The highest BCUT2D eigenvalue weighted by Crippen LogP contribution is 2.36. The molecule has 3 aromatic heterocycles. The largest absolute Gasteiger partial charge is 0.483 e. The number of nitrogens with one attached hydrogen (secondary N) is 3. The average Bonchev–Trinajstić information content (AvgIpc) is 3.87. The number of hydrogen-bond acceptors (Lipinski definition) is 8. The molecule has 1 aliphatic heterocycles. The number of anilines is 1. The maximum Gasteiger partial charge on any atom is 0.274 e. The molecule has 1 fully saturated rings. The lowest BCUT2D eigenvalue weighted by atomic mass is 10.1. The van der Waals surface area contributed by atoms with Crippen LogP contribution in [-0.2, 0) is 24.5 Å². The number of carbonyl (C=O) groups is 2. The number of fused-ring (bicyclic) bond motifs is 2. The highest BCUT2D eigenvalue weighted by atomic mass is 19.1. The van der Waals surface area contributed by atoms with Crippen LogP contribution in [0.3, 0.4) is 0 Å². The Hall–Kier alpha value is -5.66. The number of rotatable bonds is 12. The first kappa shape index (κ1) is 32.9. The van der Waals surface area contributed by atoms with Crippen molar-refractivity contribution in [1.82, 2.24) is 34.9 Å². The van der Waals surface area contributed by atoms with Gasteiger partial charge in [-0.05, 0) is 56.4 Å². The van der Waals surface area contributed by atoms with Crippen molar-refractivity contribution >= 4 is 28.5 Å². The average molecular weight is 683 g/mol. The minimum atomic E-state index is -0.702. The van der Waals surface area contributed by atoms with E-state index in [1.54, 1.807) is 15.5 Å².